The lowest BCUT2D eigenvalue weighted by Gasteiger charge is -2.08. The molecule has 1 aromatic rings. The molecule has 0 aliphatic rings. The predicted octanol–water partition coefficient (Wildman–Crippen LogP) is 4.01. The molecule has 0 bridgehead atoms. The predicted molar refractivity (Wildman–Crippen MR) is 102 cm³/mol. The number of alkyl halides is 2. The molecule has 27 heavy (non-hydrogen) atoms. The zero-order chi connectivity index (χ0) is 20.0. The summed E-state index contributed by atoms with van der Waals surface area (Å²) in [6.07, 6.45) is 10.6. The summed E-state index contributed by atoms with van der Waals surface area (Å²) in [5.41, 5.74) is 1.57. The number of carboxylic acids is 1. The minimum atomic E-state index is -3.70. The Morgan fingerprint density at radius 2 is 1.89 bits per heavy atom. The first-order chi connectivity index (χ1) is 13.0. The topological polar surface area (TPSA) is 82.2 Å². The van der Waals surface area contributed by atoms with Gasteiger partial charge in [-0.1, -0.05) is 36.4 Å². The van der Waals surface area contributed by atoms with Crippen molar-refractivity contribution in [3.63, 3.8) is 0 Å². The molecule has 0 amide bonds. The fourth-order valence-corrected chi connectivity index (χ4v) is 1.84. The van der Waals surface area contributed by atoms with E-state index >= 15 is 0 Å². The number of allylic oxidation sites excluding steroid dienone is 2. The molecule has 1 rings (SSSR count). The highest BCUT2D eigenvalue weighted by molar-refractivity contribution is 5.79. The van der Waals surface area contributed by atoms with Crippen molar-refractivity contribution in [1.82, 2.24) is 0 Å². The van der Waals surface area contributed by atoms with Gasteiger partial charge in [0.25, 0.3) is 0 Å². The molecule has 0 heterocycles. The Hall–Kier alpha value is -2.93. The fraction of sp³-hybridized carbons (Fsp3) is 0.250. The minimum absolute atomic E-state index is 0.0154. The molecular formula is C20H22F2N2O3. The summed E-state index contributed by atoms with van der Waals surface area (Å²) in [6.45, 7) is -0.191. The number of aliphatic carboxylic acids is 1. The molecule has 0 aliphatic heterocycles. The van der Waals surface area contributed by atoms with Crippen molar-refractivity contribution in [2.75, 3.05) is 6.61 Å². The summed E-state index contributed by atoms with van der Waals surface area (Å²) in [7, 11) is 0. The van der Waals surface area contributed by atoms with E-state index in [1.54, 1.807) is 30.6 Å². The summed E-state index contributed by atoms with van der Waals surface area (Å²) < 4.78 is 25.7. The largest absolute Gasteiger partial charge is 0.477 e. The van der Waals surface area contributed by atoms with E-state index in [1.165, 1.54) is 12.4 Å². The van der Waals surface area contributed by atoms with Crippen molar-refractivity contribution in [2.45, 2.75) is 25.2 Å². The van der Waals surface area contributed by atoms with Crippen molar-refractivity contribution < 1.29 is 23.8 Å². The van der Waals surface area contributed by atoms with E-state index in [4.69, 9.17) is 5.11 Å². The van der Waals surface area contributed by atoms with Crippen LogP contribution in [0.15, 0.2) is 76.5 Å². The molecular weight excluding hydrogens is 354 g/mol. The van der Waals surface area contributed by atoms with Crippen LogP contribution in [0.25, 0.3) is 0 Å². The Morgan fingerprint density at radius 1 is 1.15 bits per heavy atom. The zero-order valence-corrected chi connectivity index (χ0v) is 14.7. The summed E-state index contributed by atoms with van der Waals surface area (Å²) in [6, 6.07) is 9.60. The van der Waals surface area contributed by atoms with Crippen LogP contribution in [-0.4, -0.2) is 41.1 Å². The highest BCUT2D eigenvalue weighted by Crippen LogP contribution is 2.20. The Bertz CT molecular complexity index is 724. The SMILES string of the molecule is O=C(O)C(F)(F)CCC/C=N/C=C/C(=C\C=C\N=C\c1ccccc1)CO. The summed E-state index contributed by atoms with van der Waals surface area (Å²) >= 11 is 0. The second kappa shape index (κ2) is 12.4. The van der Waals surface area contributed by atoms with E-state index in [9.17, 15) is 18.7 Å². The number of aliphatic hydroxyl groups is 1. The van der Waals surface area contributed by atoms with E-state index in [0.717, 1.165) is 5.56 Å². The Balaban J connectivity index is 2.38. The third kappa shape index (κ3) is 9.96. The second-order valence-corrected chi connectivity index (χ2v) is 5.48. The standard InChI is InChI=1S/C20H22F2N2O3/c21-20(22,19(26)27)11-4-5-12-23-14-10-18(16-25)9-6-13-24-15-17-7-2-1-3-8-17/h1-3,6-10,12-15,25H,4-5,11,16H2,(H,26,27)/b13-6+,14-10+,18-9+,23-12+,24-15+. The van der Waals surface area contributed by atoms with Crippen LogP contribution in [0.3, 0.4) is 0 Å². The number of hydrogen-bond acceptors (Lipinski definition) is 4. The van der Waals surface area contributed by atoms with Crippen LogP contribution in [0.1, 0.15) is 24.8 Å². The Morgan fingerprint density at radius 3 is 2.56 bits per heavy atom. The van der Waals surface area contributed by atoms with Gasteiger partial charge in [-0.15, -0.1) is 0 Å². The van der Waals surface area contributed by atoms with Crippen LogP contribution < -0.4 is 0 Å². The van der Waals surface area contributed by atoms with Crippen molar-refractivity contribution >= 4 is 18.4 Å². The number of aliphatic imine (C=N–C) groups is 2. The molecule has 2 N–H and O–H groups in total. The van der Waals surface area contributed by atoms with E-state index in [2.05, 4.69) is 9.98 Å². The number of nitrogens with zero attached hydrogens (tertiary/aromatic N) is 2. The monoisotopic (exact) mass is 376 g/mol. The van der Waals surface area contributed by atoms with Gasteiger partial charge in [-0.2, -0.15) is 8.78 Å². The molecule has 0 unspecified atom stereocenters. The van der Waals surface area contributed by atoms with Crippen LogP contribution in [0.2, 0.25) is 0 Å². The van der Waals surface area contributed by atoms with Crippen molar-refractivity contribution in [3.8, 4) is 0 Å². The number of carbonyl (C=O) groups is 1. The first-order valence-electron chi connectivity index (χ1n) is 8.30. The molecule has 0 radical (unpaired) electrons. The molecule has 5 nitrogen and oxygen atoms in total. The van der Waals surface area contributed by atoms with Crippen LogP contribution in [0.4, 0.5) is 8.78 Å². The number of halogens is 2. The van der Waals surface area contributed by atoms with Gasteiger partial charge in [0.1, 0.15) is 0 Å². The van der Waals surface area contributed by atoms with Crippen LogP contribution >= 0.6 is 0 Å². The smallest absolute Gasteiger partial charge is 0.374 e. The highest BCUT2D eigenvalue weighted by Gasteiger charge is 2.37. The van der Waals surface area contributed by atoms with Crippen LogP contribution in [-0.2, 0) is 4.79 Å². The lowest BCUT2D eigenvalue weighted by molar-refractivity contribution is -0.165. The van der Waals surface area contributed by atoms with Gasteiger partial charge in [-0.25, -0.2) is 4.79 Å². The molecule has 0 saturated heterocycles. The quantitative estimate of drug-likeness (QED) is 0.348. The third-order valence-corrected chi connectivity index (χ3v) is 3.31. The maximum atomic E-state index is 12.8. The third-order valence-electron chi connectivity index (χ3n) is 3.31. The van der Waals surface area contributed by atoms with Crippen molar-refractivity contribution in [3.05, 3.63) is 72.1 Å². The highest BCUT2D eigenvalue weighted by atomic mass is 19.3. The van der Waals surface area contributed by atoms with Gasteiger partial charge >= 0.3 is 11.9 Å². The molecule has 144 valence electrons. The molecule has 0 fully saturated rings. The molecule has 7 heteroatoms. The summed E-state index contributed by atoms with van der Waals surface area (Å²) in [5.74, 6) is -5.82. The second-order valence-electron chi connectivity index (χ2n) is 5.48. The number of hydrogen-bond donors (Lipinski definition) is 2. The minimum Gasteiger partial charge on any atom is -0.477 e. The summed E-state index contributed by atoms with van der Waals surface area (Å²) in [5, 5.41) is 17.6. The van der Waals surface area contributed by atoms with E-state index in [-0.39, 0.29) is 19.4 Å². The van der Waals surface area contributed by atoms with Crippen LogP contribution in [0.5, 0.6) is 0 Å². The van der Waals surface area contributed by atoms with Crippen molar-refractivity contribution in [1.29, 1.82) is 0 Å². The van der Waals surface area contributed by atoms with E-state index < -0.39 is 18.3 Å². The normalized spacial score (nSPS) is 13.5. The van der Waals surface area contributed by atoms with E-state index in [1.807, 2.05) is 30.3 Å². The molecule has 0 saturated carbocycles. The van der Waals surface area contributed by atoms with Gasteiger partial charge in [0, 0.05) is 31.2 Å². The zero-order valence-electron chi connectivity index (χ0n) is 14.7. The summed E-state index contributed by atoms with van der Waals surface area (Å²) in [4.78, 5) is 18.3. The molecule has 1 aromatic carbocycles. The maximum Gasteiger partial charge on any atom is 0.374 e. The Labute approximate surface area is 156 Å². The number of rotatable bonds is 11. The average Bonchev–Trinajstić information content (AvgIpc) is 2.66. The fourth-order valence-electron chi connectivity index (χ4n) is 1.84. The van der Waals surface area contributed by atoms with Gasteiger partial charge < -0.3 is 10.2 Å². The van der Waals surface area contributed by atoms with Crippen LogP contribution in [0, 0.1) is 0 Å². The lowest BCUT2D eigenvalue weighted by atomic mass is 10.1. The number of benzene rings is 1. The first-order valence-corrected chi connectivity index (χ1v) is 8.30. The number of carboxylic acid groups (broad SMARTS) is 1. The van der Waals surface area contributed by atoms with Crippen molar-refractivity contribution in [2.24, 2.45) is 9.98 Å². The molecule has 0 atom stereocenters. The van der Waals surface area contributed by atoms with Gasteiger partial charge in [-0.3, -0.25) is 9.98 Å². The number of unbranched alkanes of at least 4 members (excludes halogenated alkanes) is 1. The lowest BCUT2D eigenvalue weighted by Crippen LogP contribution is -2.27. The van der Waals surface area contributed by atoms with Gasteiger partial charge in [0.2, 0.25) is 0 Å². The molecule has 0 aromatic heterocycles. The van der Waals surface area contributed by atoms with Gasteiger partial charge in [-0.05, 0) is 36.1 Å². The van der Waals surface area contributed by atoms with Gasteiger partial charge in [0.05, 0.1) is 6.61 Å². The maximum absolute atomic E-state index is 12.8. The first kappa shape index (κ1) is 22.1. The Kier molecular flexibility index (Phi) is 10.2. The average molecular weight is 376 g/mol. The molecule has 0 aliphatic carbocycles. The van der Waals surface area contributed by atoms with E-state index in [0.29, 0.717) is 5.57 Å². The van der Waals surface area contributed by atoms with Gasteiger partial charge in [0.15, 0.2) is 0 Å². The number of aliphatic hydroxyl groups excluding tert-OH is 1. The molecule has 0 spiro atoms.